The molecule has 1 N–H and O–H groups in total. The fourth-order valence-corrected chi connectivity index (χ4v) is 4.22. The van der Waals surface area contributed by atoms with Gasteiger partial charge in [-0.1, -0.05) is 6.58 Å². The van der Waals surface area contributed by atoms with E-state index < -0.39 is 0 Å². The number of methoxy groups -OCH3 is 2. The van der Waals surface area contributed by atoms with Crippen LogP contribution in [0.3, 0.4) is 0 Å². The van der Waals surface area contributed by atoms with Gasteiger partial charge in [0.1, 0.15) is 10.7 Å². The zero-order chi connectivity index (χ0) is 25.9. The molecule has 3 heterocycles. The van der Waals surface area contributed by atoms with Gasteiger partial charge in [-0.05, 0) is 38.0 Å². The van der Waals surface area contributed by atoms with Crippen molar-refractivity contribution in [2.45, 2.75) is 10.1 Å². The van der Waals surface area contributed by atoms with Crippen LogP contribution >= 0.6 is 11.8 Å². The molecule has 12 nitrogen and oxygen atoms in total. The Hall–Kier alpha value is -3.00. The van der Waals surface area contributed by atoms with E-state index in [4.69, 9.17) is 14.2 Å². The van der Waals surface area contributed by atoms with Crippen LogP contribution in [0.1, 0.15) is 0 Å². The Kier molecular flexibility index (Phi) is 10.7. The van der Waals surface area contributed by atoms with Crippen LogP contribution in [0.4, 0.5) is 11.8 Å². The van der Waals surface area contributed by atoms with Gasteiger partial charge in [0.25, 0.3) is 0 Å². The van der Waals surface area contributed by atoms with Gasteiger partial charge in [0.05, 0.1) is 27.4 Å². The van der Waals surface area contributed by atoms with Crippen molar-refractivity contribution in [2.24, 2.45) is 0 Å². The maximum Gasteiger partial charge on any atom is 0.248 e. The second-order valence-corrected chi connectivity index (χ2v) is 9.11. The molecule has 1 saturated heterocycles. The van der Waals surface area contributed by atoms with Crippen LogP contribution in [0.15, 0.2) is 35.0 Å². The van der Waals surface area contributed by atoms with E-state index in [1.54, 1.807) is 26.5 Å². The smallest absolute Gasteiger partial charge is 0.248 e. The molecule has 0 atom stereocenters. The Morgan fingerprint density at radius 3 is 2.44 bits per heavy atom. The number of ether oxygens (including phenoxy) is 3. The molecule has 0 aliphatic carbocycles. The number of aromatic nitrogens is 4. The maximum absolute atomic E-state index is 11.6. The topological polar surface area (TPSA) is 118 Å². The summed E-state index contributed by atoms with van der Waals surface area (Å²) in [7, 11) is 7.17. The monoisotopic (exact) mass is 518 g/mol. The van der Waals surface area contributed by atoms with E-state index in [0.29, 0.717) is 33.6 Å². The van der Waals surface area contributed by atoms with Crippen LogP contribution in [0, 0.1) is 0 Å². The number of nitrogens with zero attached hydrogens (tertiary/aromatic N) is 7. The third kappa shape index (κ3) is 8.01. The SMILES string of the molecule is C=CC(=O)Nc1ccnc(Sc2c(OC)nc(N3CCN(CCOCCN(C)C)CC3)nc2OC)n1. The Morgan fingerprint density at radius 2 is 1.83 bits per heavy atom. The Bertz CT molecular complexity index is 992. The summed E-state index contributed by atoms with van der Waals surface area (Å²) in [5.41, 5.74) is 0. The van der Waals surface area contributed by atoms with Gasteiger partial charge in [-0.3, -0.25) is 9.69 Å². The number of likely N-dealkylation sites (N-methyl/N-ethyl adjacent to an activating group) is 1. The highest BCUT2D eigenvalue weighted by molar-refractivity contribution is 7.99. The summed E-state index contributed by atoms with van der Waals surface area (Å²) in [6, 6.07) is 1.59. The zero-order valence-corrected chi connectivity index (χ0v) is 22.1. The maximum atomic E-state index is 11.6. The lowest BCUT2D eigenvalue weighted by molar-refractivity contribution is -0.111. The minimum absolute atomic E-state index is 0.355. The number of piperazine rings is 1. The number of anilines is 2. The molecule has 0 saturated carbocycles. The van der Waals surface area contributed by atoms with Gasteiger partial charge in [-0.2, -0.15) is 9.97 Å². The summed E-state index contributed by atoms with van der Waals surface area (Å²) < 4.78 is 16.9. The van der Waals surface area contributed by atoms with Crippen molar-refractivity contribution in [1.29, 1.82) is 0 Å². The highest BCUT2D eigenvalue weighted by Gasteiger charge is 2.24. The summed E-state index contributed by atoms with van der Waals surface area (Å²) in [6.45, 7) is 10.1. The van der Waals surface area contributed by atoms with Crippen LogP contribution in [0.25, 0.3) is 0 Å². The lowest BCUT2D eigenvalue weighted by Crippen LogP contribution is -2.48. The molecule has 3 rings (SSSR count). The first-order chi connectivity index (χ1) is 17.4. The second kappa shape index (κ2) is 13.9. The normalized spacial score (nSPS) is 14.1. The minimum Gasteiger partial charge on any atom is -0.480 e. The van der Waals surface area contributed by atoms with Crippen molar-refractivity contribution in [3.8, 4) is 11.8 Å². The van der Waals surface area contributed by atoms with Crippen LogP contribution in [0.5, 0.6) is 11.8 Å². The molecule has 0 radical (unpaired) electrons. The standard InChI is InChI=1S/C23H34N8O4S/c1-6-18(32)25-17-7-8-24-23(26-17)36-19-20(33-4)27-22(28-21(19)34-5)31-11-9-30(10-12-31)14-16-35-15-13-29(2)3/h6-8H,1,9-16H2,2-5H3,(H,24,25,26,32). The summed E-state index contributed by atoms with van der Waals surface area (Å²) in [5, 5.41) is 3.00. The number of amides is 1. The average Bonchev–Trinajstić information content (AvgIpc) is 2.88. The molecule has 1 aliphatic rings. The molecule has 13 heteroatoms. The molecule has 36 heavy (non-hydrogen) atoms. The van der Waals surface area contributed by atoms with E-state index in [9.17, 15) is 4.79 Å². The van der Waals surface area contributed by atoms with Crippen LogP contribution in [0.2, 0.25) is 0 Å². The Balaban J connectivity index is 1.64. The lowest BCUT2D eigenvalue weighted by atomic mass is 10.3. The summed E-state index contributed by atoms with van der Waals surface area (Å²) in [5.74, 6) is 1.27. The number of carbonyl (C=O) groups excluding carboxylic acids is 1. The molecule has 1 aliphatic heterocycles. The fraction of sp³-hybridized carbons (Fsp3) is 0.522. The number of rotatable bonds is 13. The first-order valence-corrected chi connectivity index (χ1v) is 12.4. The van der Waals surface area contributed by atoms with Crippen molar-refractivity contribution in [1.82, 2.24) is 29.7 Å². The van der Waals surface area contributed by atoms with Crippen molar-refractivity contribution in [2.75, 3.05) is 91.0 Å². The Morgan fingerprint density at radius 1 is 1.14 bits per heavy atom. The molecule has 0 bridgehead atoms. The summed E-state index contributed by atoms with van der Waals surface area (Å²) in [4.78, 5) is 36.6. The van der Waals surface area contributed by atoms with Crippen molar-refractivity contribution < 1.29 is 19.0 Å². The van der Waals surface area contributed by atoms with E-state index in [-0.39, 0.29) is 5.91 Å². The third-order valence-electron chi connectivity index (χ3n) is 5.33. The average molecular weight is 519 g/mol. The van der Waals surface area contributed by atoms with Gasteiger partial charge in [0.2, 0.25) is 23.6 Å². The zero-order valence-electron chi connectivity index (χ0n) is 21.3. The lowest BCUT2D eigenvalue weighted by Gasteiger charge is -2.34. The van der Waals surface area contributed by atoms with Gasteiger partial charge < -0.3 is 29.3 Å². The minimum atomic E-state index is -0.357. The quantitative estimate of drug-likeness (QED) is 0.234. The molecule has 196 valence electrons. The predicted octanol–water partition coefficient (Wildman–Crippen LogP) is 1.26. The molecular weight excluding hydrogens is 484 g/mol. The third-order valence-corrected chi connectivity index (χ3v) is 6.26. The van der Waals surface area contributed by atoms with E-state index in [1.165, 1.54) is 17.8 Å². The predicted molar refractivity (Wildman–Crippen MR) is 138 cm³/mol. The molecular formula is C23H34N8O4S. The first-order valence-electron chi connectivity index (χ1n) is 11.6. The largest absolute Gasteiger partial charge is 0.480 e. The van der Waals surface area contributed by atoms with Gasteiger partial charge in [0.15, 0.2) is 5.16 Å². The van der Waals surface area contributed by atoms with Crippen LogP contribution in [-0.2, 0) is 9.53 Å². The van der Waals surface area contributed by atoms with Crippen molar-refractivity contribution >= 4 is 29.4 Å². The van der Waals surface area contributed by atoms with Crippen LogP contribution < -0.4 is 19.7 Å². The van der Waals surface area contributed by atoms with Gasteiger partial charge >= 0.3 is 0 Å². The van der Waals surface area contributed by atoms with Gasteiger partial charge in [-0.15, -0.1) is 0 Å². The van der Waals surface area contributed by atoms with E-state index in [0.717, 1.165) is 52.5 Å². The molecule has 1 fully saturated rings. The van der Waals surface area contributed by atoms with E-state index in [1.807, 2.05) is 14.1 Å². The Labute approximate surface area is 216 Å². The second-order valence-electron chi connectivity index (χ2n) is 8.14. The van der Waals surface area contributed by atoms with E-state index in [2.05, 4.69) is 46.5 Å². The highest BCUT2D eigenvalue weighted by atomic mass is 32.2. The fourth-order valence-electron chi connectivity index (χ4n) is 3.35. The molecule has 2 aromatic heterocycles. The molecule has 0 spiro atoms. The highest BCUT2D eigenvalue weighted by Crippen LogP contribution is 2.39. The van der Waals surface area contributed by atoms with Crippen molar-refractivity contribution in [3.05, 3.63) is 24.9 Å². The van der Waals surface area contributed by atoms with E-state index >= 15 is 0 Å². The summed E-state index contributed by atoms with van der Waals surface area (Å²) >= 11 is 1.19. The molecule has 2 aromatic rings. The number of carbonyl (C=O) groups is 1. The van der Waals surface area contributed by atoms with Gasteiger partial charge in [0, 0.05) is 45.5 Å². The van der Waals surface area contributed by atoms with Crippen LogP contribution in [-0.4, -0.2) is 116 Å². The summed E-state index contributed by atoms with van der Waals surface area (Å²) in [6.07, 6.45) is 2.72. The first kappa shape index (κ1) is 27.6. The molecule has 0 aromatic carbocycles. The number of hydrogen-bond donors (Lipinski definition) is 1. The number of hydrogen-bond acceptors (Lipinski definition) is 12. The molecule has 0 unspecified atom stereocenters. The van der Waals surface area contributed by atoms with Crippen molar-refractivity contribution in [3.63, 3.8) is 0 Å². The number of nitrogens with one attached hydrogen (secondary N) is 1. The van der Waals surface area contributed by atoms with Gasteiger partial charge in [-0.25, -0.2) is 9.97 Å². The molecule has 1 amide bonds.